The standard InChI is InChI=1S/C17H16BrF2N/c1-10-6-7-16(13-5-3-2-4-12(10)13)21-17-14(18)8-11(19)9-15(17)20/h2-5,8-10,16,21H,6-7H2,1H3. The molecule has 3 rings (SSSR count). The highest BCUT2D eigenvalue weighted by atomic mass is 79.9. The van der Waals surface area contributed by atoms with Crippen molar-refractivity contribution in [3.05, 3.63) is 63.6 Å². The van der Waals surface area contributed by atoms with Crippen LogP contribution in [-0.2, 0) is 0 Å². The van der Waals surface area contributed by atoms with E-state index in [0.29, 0.717) is 16.1 Å². The Bertz CT molecular complexity index is 649. The lowest BCUT2D eigenvalue weighted by Gasteiger charge is -2.31. The van der Waals surface area contributed by atoms with E-state index < -0.39 is 11.6 Å². The summed E-state index contributed by atoms with van der Waals surface area (Å²) in [4.78, 5) is 0. The van der Waals surface area contributed by atoms with E-state index in [4.69, 9.17) is 0 Å². The molecule has 0 radical (unpaired) electrons. The maximum atomic E-state index is 14.0. The van der Waals surface area contributed by atoms with Crippen molar-refractivity contribution >= 4 is 21.6 Å². The molecule has 110 valence electrons. The number of rotatable bonds is 2. The first-order valence-electron chi connectivity index (χ1n) is 7.06. The summed E-state index contributed by atoms with van der Waals surface area (Å²) in [5.41, 5.74) is 2.83. The summed E-state index contributed by atoms with van der Waals surface area (Å²) in [6.45, 7) is 2.21. The molecule has 1 aliphatic rings. The molecule has 2 unspecified atom stereocenters. The molecule has 2 aromatic carbocycles. The summed E-state index contributed by atoms with van der Waals surface area (Å²) in [5, 5.41) is 3.23. The van der Waals surface area contributed by atoms with Gasteiger partial charge in [-0.3, -0.25) is 0 Å². The highest BCUT2D eigenvalue weighted by molar-refractivity contribution is 9.10. The normalized spacial score (nSPS) is 21.0. The van der Waals surface area contributed by atoms with Crippen molar-refractivity contribution in [2.45, 2.75) is 31.7 Å². The van der Waals surface area contributed by atoms with Crippen LogP contribution in [0.1, 0.15) is 42.9 Å². The maximum absolute atomic E-state index is 14.0. The molecule has 0 heterocycles. The maximum Gasteiger partial charge on any atom is 0.150 e. The van der Waals surface area contributed by atoms with Gasteiger partial charge in [-0.2, -0.15) is 0 Å². The van der Waals surface area contributed by atoms with Crippen LogP contribution < -0.4 is 5.32 Å². The molecule has 21 heavy (non-hydrogen) atoms. The van der Waals surface area contributed by atoms with Crippen molar-refractivity contribution in [1.82, 2.24) is 0 Å². The first kappa shape index (κ1) is 14.5. The van der Waals surface area contributed by atoms with E-state index in [1.165, 1.54) is 17.2 Å². The minimum atomic E-state index is -0.581. The van der Waals surface area contributed by atoms with Gasteiger partial charge in [-0.05, 0) is 51.9 Å². The number of benzene rings is 2. The highest BCUT2D eigenvalue weighted by Crippen LogP contribution is 2.40. The SMILES string of the molecule is CC1CCC(Nc2c(F)cc(F)cc2Br)c2ccccc21. The summed E-state index contributed by atoms with van der Waals surface area (Å²) in [5.74, 6) is -0.638. The van der Waals surface area contributed by atoms with Crippen LogP contribution in [0.5, 0.6) is 0 Å². The molecule has 1 aliphatic carbocycles. The first-order chi connectivity index (χ1) is 10.1. The van der Waals surface area contributed by atoms with Gasteiger partial charge in [0.1, 0.15) is 11.6 Å². The van der Waals surface area contributed by atoms with Crippen molar-refractivity contribution in [3.8, 4) is 0 Å². The fraction of sp³-hybridized carbons (Fsp3) is 0.294. The van der Waals surface area contributed by atoms with Gasteiger partial charge in [0.05, 0.1) is 11.7 Å². The third kappa shape index (κ3) is 2.82. The number of fused-ring (bicyclic) bond motifs is 1. The van der Waals surface area contributed by atoms with Crippen LogP contribution in [0.15, 0.2) is 40.9 Å². The van der Waals surface area contributed by atoms with Gasteiger partial charge in [-0.15, -0.1) is 0 Å². The Morgan fingerprint density at radius 3 is 2.52 bits per heavy atom. The summed E-state index contributed by atoms with van der Waals surface area (Å²) in [6.07, 6.45) is 1.98. The molecule has 0 saturated heterocycles. The summed E-state index contributed by atoms with van der Waals surface area (Å²) in [6, 6.07) is 10.5. The van der Waals surface area contributed by atoms with Crippen molar-refractivity contribution in [3.63, 3.8) is 0 Å². The average Bonchev–Trinajstić information content (AvgIpc) is 2.45. The van der Waals surface area contributed by atoms with Crippen molar-refractivity contribution in [2.24, 2.45) is 0 Å². The van der Waals surface area contributed by atoms with Crippen LogP contribution in [-0.4, -0.2) is 0 Å². The Hall–Kier alpha value is -1.42. The molecule has 0 fully saturated rings. The van der Waals surface area contributed by atoms with E-state index in [-0.39, 0.29) is 6.04 Å². The van der Waals surface area contributed by atoms with Gasteiger partial charge >= 0.3 is 0 Å². The Labute approximate surface area is 131 Å². The molecule has 1 nitrogen and oxygen atoms in total. The summed E-state index contributed by atoms with van der Waals surface area (Å²) >= 11 is 3.23. The zero-order valence-corrected chi connectivity index (χ0v) is 13.3. The molecule has 4 heteroatoms. The second kappa shape index (κ2) is 5.76. The molecule has 1 N–H and O–H groups in total. The molecular formula is C17H16BrF2N. The molecule has 0 spiro atoms. The molecule has 0 aliphatic heterocycles. The molecule has 2 atom stereocenters. The van der Waals surface area contributed by atoms with Crippen molar-refractivity contribution in [1.29, 1.82) is 0 Å². The summed E-state index contributed by atoms with van der Waals surface area (Å²) in [7, 11) is 0. The fourth-order valence-corrected chi connectivity index (χ4v) is 3.53. The number of hydrogen-bond donors (Lipinski definition) is 1. The minimum Gasteiger partial charge on any atom is -0.375 e. The third-order valence-corrected chi connectivity index (χ3v) is 4.74. The van der Waals surface area contributed by atoms with Crippen LogP contribution >= 0.6 is 15.9 Å². The van der Waals surface area contributed by atoms with Crippen molar-refractivity contribution < 1.29 is 8.78 Å². The van der Waals surface area contributed by atoms with Gasteiger partial charge < -0.3 is 5.32 Å². The Morgan fingerprint density at radius 2 is 1.81 bits per heavy atom. The van der Waals surface area contributed by atoms with Crippen LogP contribution in [0.3, 0.4) is 0 Å². The Balaban J connectivity index is 1.95. The smallest absolute Gasteiger partial charge is 0.150 e. The second-order valence-corrected chi connectivity index (χ2v) is 6.40. The lowest BCUT2D eigenvalue weighted by atomic mass is 9.81. The average molecular weight is 352 g/mol. The molecule has 2 aromatic rings. The first-order valence-corrected chi connectivity index (χ1v) is 7.85. The van der Waals surface area contributed by atoms with Crippen LogP contribution in [0.2, 0.25) is 0 Å². The molecule has 0 aromatic heterocycles. The van der Waals surface area contributed by atoms with E-state index in [0.717, 1.165) is 18.9 Å². The number of halogens is 3. The van der Waals surface area contributed by atoms with E-state index in [1.807, 2.05) is 12.1 Å². The quantitative estimate of drug-likeness (QED) is 0.723. The lowest BCUT2D eigenvalue weighted by Crippen LogP contribution is -2.20. The lowest BCUT2D eigenvalue weighted by molar-refractivity contribution is 0.529. The van der Waals surface area contributed by atoms with E-state index in [9.17, 15) is 8.78 Å². The predicted octanol–water partition coefficient (Wildman–Crippen LogP) is 5.78. The zero-order valence-electron chi connectivity index (χ0n) is 11.7. The minimum absolute atomic E-state index is 0.0497. The van der Waals surface area contributed by atoms with Gasteiger partial charge in [-0.25, -0.2) is 8.78 Å². The van der Waals surface area contributed by atoms with E-state index in [1.54, 1.807) is 0 Å². The molecule has 0 amide bonds. The zero-order chi connectivity index (χ0) is 15.0. The van der Waals surface area contributed by atoms with Crippen molar-refractivity contribution in [2.75, 3.05) is 5.32 Å². The van der Waals surface area contributed by atoms with Crippen LogP contribution in [0.4, 0.5) is 14.5 Å². The van der Waals surface area contributed by atoms with Crippen LogP contribution in [0.25, 0.3) is 0 Å². The van der Waals surface area contributed by atoms with E-state index >= 15 is 0 Å². The topological polar surface area (TPSA) is 12.0 Å². The highest BCUT2D eigenvalue weighted by Gasteiger charge is 2.25. The second-order valence-electron chi connectivity index (χ2n) is 5.55. The monoisotopic (exact) mass is 351 g/mol. The molecule has 0 saturated carbocycles. The summed E-state index contributed by atoms with van der Waals surface area (Å²) < 4.78 is 27.6. The largest absolute Gasteiger partial charge is 0.375 e. The molecule has 0 bridgehead atoms. The predicted molar refractivity (Wildman–Crippen MR) is 84.5 cm³/mol. The third-order valence-electron chi connectivity index (χ3n) is 4.12. The number of hydrogen-bond acceptors (Lipinski definition) is 1. The number of anilines is 1. The Morgan fingerprint density at radius 1 is 1.10 bits per heavy atom. The van der Waals surface area contributed by atoms with Gasteiger partial charge in [0.2, 0.25) is 0 Å². The van der Waals surface area contributed by atoms with E-state index in [2.05, 4.69) is 40.3 Å². The molecular weight excluding hydrogens is 336 g/mol. The Kier molecular flexibility index (Phi) is 3.98. The fourth-order valence-electron chi connectivity index (χ4n) is 3.01. The van der Waals surface area contributed by atoms with Gasteiger partial charge in [0, 0.05) is 10.5 Å². The van der Waals surface area contributed by atoms with Gasteiger partial charge in [0.15, 0.2) is 0 Å². The van der Waals surface area contributed by atoms with Gasteiger partial charge in [0.25, 0.3) is 0 Å². The van der Waals surface area contributed by atoms with Gasteiger partial charge in [-0.1, -0.05) is 31.2 Å². The van der Waals surface area contributed by atoms with Crippen LogP contribution in [0, 0.1) is 11.6 Å². The number of nitrogens with one attached hydrogen (secondary N) is 1.